The highest BCUT2D eigenvalue weighted by molar-refractivity contribution is 5.96. The van der Waals surface area contributed by atoms with Crippen LogP contribution in [0.3, 0.4) is 0 Å². The van der Waals surface area contributed by atoms with Gasteiger partial charge in [-0.05, 0) is 30.2 Å². The molecule has 4 nitrogen and oxygen atoms in total. The van der Waals surface area contributed by atoms with Crippen LogP contribution in [0.1, 0.15) is 20.3 Å². The summed E-state index contributed by atoms with van der Waals surface area (Å²) in [7, 11) is 1.69. The van der Waals surface area contributed by atoms with Crippen LogP contribution in [-0.4, -0.2) is 24.1 Å². The van der Waals surface area contributed by atoms with Gasteiger partial charge >= 0.3 is 0 Å². The van der Waals surface area contributed by atoms with E-state index in [2.05, 4.69) is 0 Å². The van der Waals surface area contributed by atoms with E-state index in [4.69, 9.17) is 5.73 Å². The van der Waals surface area contributed by atoms with Gasteiger partial charge in [-0.3, -0.25) is 4.79 Å². The van der Waals surface area contributed by atoms with Crippen LogP contribution >= 0.6 is 0 Å². The second-order valence-electron chi connectivity index (χ2n) is 4.32. The Labute approximate surface area is 102 Å². The van der Waals surface area contributed by atoms with Gasteiger partial charge in [0.1, 0.15) is 5.75 Å². The summed E-state index contributed by atoms with van der Waals surface area (Å²) in [6, 6.07) is 5.99. The molecule has 17 heavy (non-hydrogen) atoms. The van der Waals surface area contributed by atoms with E-state index in [1.165, 1.54) is 4.90 Å². The van der Waals surface area contributed by atoms with Crippen molar-refractivity contribution in [2.45, 2.75) is 26.3 Å². The van der Waals surface area contributed by atoms with E-state index < -0.39 is 6.04 Å². The van der Waals surface area contributed by atoms with Gasteiger partial charge in [0.25, 0.3) is 0 Å². The second-order valence-corrected chi connectivity index (χ2v) is 4.32. The number of amides is 1. The fourth-order valence-electron chi connectivity index (χ4n) is 1.52. The lowest BCUT2D eigenvalue weighted by Gasteiger charge is -2.24. The summed E-state index contributed by atoms with van der Waals surface area (Å²) < 4.78 is 0. The van der Waals surface area contributed by atoms with Gasteiger partial charge in [-0.1, -0.05) is 20.3 Å². The largest absolute Gasteiger partial charge is 0.508 e. The molecule has 94 valence electrons. The lowest BCUT2D eigenvalue weighted by Crippen LogP contribution is -2.45. The molecular weight excluding hydrogens is 216 g/mol. The summed E-state index contributed by atoms with van der Waals surface area (Å²) in [4.78, 5) is 13.6. The highest BCUT2D eigenvalue weighted by atomic mass is 16.3. The average Bonchev–Trinajstić information content (AvgIpc) is 2.36. The molecule has 0 heterocycles. The molecule has 3 N–H and O–H groups in total. The molecule has 0 saturated heterocycles. The number of nitrogens with zero attached hydrogens (tertiary/aromatic N) is 1. The van der Waals surface area contributed by atoms with E-state index in [0.717, 1.165) is 12.1 Å². The topological polar surface area (TPSA) is 66.6 Å². The highest BCUT2D eigenvalue weighted by Crippen LogP contribution is 2.19. The van der Waals surface area contributed by atoms with E-state index in [9.17, 15) is 9.90 Å². The van der Waals surface area contributed by atoms with Crippen LogP contribution in [0, 0.1) is 5.92 Å². The first-order valence-electron chi connectivity index (χ1n) is 5.79. The van der Waals surface area contributed by atoms with Crippen LogP contribution in [0.25, 0.3) is 0 Å². The average molecular weight is 236 g/mol. The maximum Gasteiger partial charge on any atom is 0.243 e. The Balaban J connectivity index is 2.79. The minimum absolute atomic E-state index is 0.106. The van der Waals surface area contributed by atoms with E-state index >= 15 is 0 Å². The van der Waals surface area contributed by atoms with Crippen LogP contribution in [0.4, 0.5) is 5.69 Å². The van der Waals surface area contributed by atoms with Gasteiger partial charge in [0.15, 0.2) is 0 Å². The Hall–Kier alpha value is -1.55. The molecule has 1 aromatic carbocycles. The van der Waals surface area contributed by atoms with Crippen LogP contribution < -0.4 is 10.6 Å². The quantitative estimate of drug-likeness (QED) is 0.836. The van der Waals surface area contributed by atoms with Crippen LogP contribution in [0.15, 0.2) is 24.3 Å². The summed E-state index contributed by atoms with van der Waals surface area (Å²) >= 11 is 0. The van der Waals surface area contributed by atoms with Crippen molar-refractivity contribution in [3.63, 3.8) is 0 Å². The monoisotopic (exact) mass is 236 g/mol. The van der Waals surface area contributed by atoms with E-state index in [-0.39, 0.29) is 17.6 Å². The zero-order chi connectivity index (χ0) is 13.0. The fraction of sp³-hybridized carbons (Fsp3) is 0.462. The maximum atomic E-state index is 12.1. The first-order valence-corrected chi connectivity index (χ1v) is 5.79. The molecule has 1 amide bonds. The summed E-state index contributed by atoms with van der Waals surface area (Å²) in [5.74, 6) is 0.230. The van der Waals surface area contributed by atoms with Crippen molar-refractivity contribution in [2.24, 2.45) is 11.7 Å². The molecule has 4 heteroatoms. The van der Waals surface area contributed by atoms with Crippen LogP contribution in [0.2, 0.25) is 0 Å². The van der Waals surface area contributed by atoms with Crippen molar-refractivity contribution in [2.75, 3.05) is 11.9 Å². The lowest BCUT2D eigenvalue weighted by molar-refractivity contribution is -0.120. The van der Waals surface area contributed by atoms with E-state index in [1.54, 1.807) is 31.3 Å². The lowest BCUT2D eigenvalue weighted by atomic mass is 9.99. The second kappa shape index (κ2) is 5.68. The number of nitrogens with two attached hydrogens (primary N) is 1. The molecular formula is C13H20N2O2. The standard InChI is InChI=1S/C13H20N2O2/c1-4-9(2)12(14)13(17)15(3)10-5-7-11(16)8-6-10/h5-9,12,16H,4,14H2,1-3H3/t9?,12-/m0/s1. The molecule has 0 aliphatic carbocycles. The number of anilines is 1. The number of benzene rings is 1. The van der Waals surface area contributed by atoms with Crippen molar-refractivity contribution in [3.8, 4) is 5.75 Å². The third-order valence-electron chi connectivity index (χ3n) is 3.11. The molecule has 1 aromatic rings. The van der Waals surface area contributed by atoms with Crippen molar-refractivity contribution >= 4 is 11.6 Å². The van der Waals surface area contributed by atoms with Crippen molar-refractivity contribution in [1.29, 1.82) is 0 Å². The van der Waals surface area contributed by atoms with Crippen LogP contribution in [-0.2, 0) is 4.79 Å². The van der Waals surface area contributed by atoms with Crippen molar-refractivity contribution in [3.05, 3.63) is 24.3 Å². The third-order valence-corrected chi connectivity index (χ3v) is 3.11. The minimum Gasteiger partial charge on any atom is -0.508 e. The Morgan fingerprint density at radius 3 is 2.41 bits per heavy atom. The predicted octanol–water partition coefficient (Wildman–Crippen LogP) is 1.73. The van der Waals surface area contributed by atoms with Gasteiger partial charge in [0.05, 0.1) is 6.04 Å². The number of likely N-dealkylation sites (N-methyl/N-ethyl adjacent to an activating group) is 1. The number of hydrogen-bond donors (Lipinski definition) is 2. The van der Waals surface area contributed by atoms with Gasteiger partial charge in [-0.25, -0.2) is 0 Å². The van der Waals surface area contributed by atoms with Crippen molar-refractivity contribution in [1.82, 2.24) is 0 Å². The Kier molecular flexibility index (Phi) is 4.52. The molecule has 1 rings (SSSR count). The molecule has 0 spiro atoms. The molecule has 0 bridgehead atoms. The van der Waals surface area contributed by atoms with Gasteiger partial charge in [0, 0.05) is 12.7 Å². The molecule has 0 aliphatic heterocycles. The number of phenols is 1. The molecule has 0 fully saturated rings. The molecule has 0 radical (unpaired) electrons. The highest BCUT2D eigenvalue weighted by Gasteiger charge is 2.23. The normalized spacial score (nSPS) is 14.1. The number of hydrogen-bond acceptors (Lipinski definition) is 3. The third kappa shape index (κ3) is 3.20. The minimum atomic E-state index is -0.487. The van der Waals surface area contributed by atoms with Crippen molar-refractivity contribution < 1.29 is 9.90 Å². The number of phenolic OH excluding ortho intramolecular Hbond substituents is 1. The van der Waals surface area contributed by atoms with E-state index in [1.807, 2.05) is 13.8 Å². The Morgan fingerprint density at radius 2 is 1.94 bits per heavy atom. The number of rotatable bonds is 4. The van der Waals surface area contributed by atoms with Gasteiger partial charge < -0.3 is 15.7 Å². The first kappa shape index (κ1) is 13.5. The predicted molar refractivity (Wildman–Crippen MR) is 68.9 cm³/mol. The number of carbonyl (C=O) groups excluding carboxylic acids is 1. The SMILES string of the molecule is CCC(C)[C@H](N)C(=O)N(C)c1ccc(O)cc1. The maximum absolute atomic E-state index is 12.1. The smallest absolute Gasteiger partial charge is 0.243 e. The fourth-order valence-corrected chi connectivity index (χ4v) is 1.52. The molecule has 2 atom stereocenters. The number of aromatic hydroxyl groups is 1. The molecule has 1 unspecified atom stereocenters. The molecule has 0 aromatic heterocycles. The zero-order valence-electron chi connectivity index (χ0n) is 10.6. The van der Waals surface area contributed by atoms with Gasteiger partial charge in [0.2, 0.25) is 5.91 Å². The summed E-state index contributed by atoms with van der Waals surface area (Å²) in [6.45, 7) is 3.98. The van der Waals surface area contributed by atoms with Crippen LogP contribution in [0.5, 0.6) is 5.75 Å². The molecule has 0 aliphatic rings. The first-order chi connectivity index (χ1) is 7.97. The summed E-state index contributed by atoms with van der Waals surface area (Å²) in [5.41, 5.74) is 6.63. The zero-order valence-corrected chi connectivity index (χ0v) is 10.6. The Bertz CT molecular complexity index is 376. The van der Waals surface area contributed by atoms with Gasteiger partial charge in [-0.2, -0.15) is 0 Å². The number of carbonyl (C=O) groups is 1. The van der Waals surface area contributed by atoms with E-state index in [0.29, 0.717) is 0 Å². The summed E-state index contributed by atoms with van der Waals surface area (Å²) in [5, 5.41) is 9.18. The Morgan fingerprint density at radius 1 is 1.41 bits per heavy atom. The molecule has 0 saturated carbocycles. The summed E-state index contributed by atoms with van der Waals surface area (Å²) in [6.07, 6.45) is 0.871. The van der Waals surface area contributed by atoms with Gasteiger partial charge in [-0.15, -0.1) is 0 Å².